The third-order valence-electron chi connectivity index (χ3n) is 6.37. The van der Waals surface area contributed by atoms with Gasteiger partial charge >= 0.3 is 10.4 Å². The Kier molecular flexibility index (Phi) is 10.7. The molecule has 0 saturated heterocycles. The van der Waals surface area contributed by atoms with Crippen molar-refractivity contribution in [2.24, 2.45) is 20.5 Å². The summed E-state index contributed by atoms with van der Waals surface area (Å²) in [6, 6.07) is 6.84. The molecule has 0 aliphatic carbocycles. The van der Waals surface area contributed by atoms with Crippen LogP contribution in [0.3, 0.4) is 0 Å². The lowest BCUT2D eigenvalue weighted by Gasteiger charge is -2.14. The molecule has 0 radical (unpaired) electrons. The van der Waals surface area contributed by atoms with E-state index in [2.05, 4.69) is 24.6 Å². The van der Waals surface area contributed by atoms with Crippen LogP contribution in [0.1, 0.15) is 0 Å². The Morgan fingerprint density at radius 3 is 1.73 bits per heavy atom. The lowest BCUT2D eigenvalue weighted by atomic mass is 10.1. The lowest BCUT2D eigenvalue weighted by molar-refractivity contribution is 0.284. The summed E-state index contributed by atoms with van der Waals surface area (Å²) >= 11 is 0. The molecule has 0 saturated carbocycles. The van der Waals surface area contributed by atoms with Gasteiger partial charge in [0.05, 0.1) is 34.0 Å². The highest BCUT2D eigenvalue weighted by Crippen LogP contribution is 2.48. The zero-order valence-corrected chi connectivity index (χ0v) is 28.7. The molecule has 4 aromatic carbocycles. The first-order chi connectivity index (χ1) is 23.3. The van der Waals surface area contributed by atoms with E-state index in [0.29, 0.717) is 30.3 Å². The van der Waals surface area contributed by atoms with E-state index in [0.717, 1.165) is 24.3 Å². The summed E-state index contributed by atoms with van der Waals surface area (Å²) in [4.78, 5) is -3.75. The van der Waals surface area contributed by atoms with Crippen LogP contribution in [0.5, 0.6) is 5.75 Å². The van der Waals surface area contributed by atoms with Crippen LogP contribution in [-0.2, 0) is 54.8 Å². The van der Waals surface area contributed by atoms with E-state index in [4.69, 9.17) is 10.3 Å². The van der Waals surface area contributed by atoms with Gasteiger partial charge in [0.2, 0.25) is 0 Å². The number of phenols is 1. The average Bonchev–Trinajstić information content (AvgIpc) is 2.97. The number of hydrogen-bond acceptors (Lipinski definition) is 17. The van der Waals surface area contributed by atoms with Gasteiger partial charge in [0.25, 0.3) is 30.4 Å². The van der Waals surface area contributed by atoms with Crippen molar-refractivity contribution < 1.29 is 74.0 Å². The van der Waals surface area contributed by atoms with Gasteiger partial charge in [-0.3, -0.25) is 18.2 Å². The van der Waals surface area contributed by atoms with E-state index >= 15 is 0 Å². The predicted octanol–water partition coefficient (Wildman–Crippen LogP) is 3.43. The minimum Gasteiger partial charge on any atom is -0.505 e. The van der Waals surface area contributed by atoms with Gasteiger partial charge in [0.1, 0.15) is 37.6 Å². The predicted molar refractivity (Wildman–Crippen MR) is 170 cm³/mol. The van der Waals surface area contributed by atoms with Crippen molar-refractivity contribution in [1.82, 2.24) is 0 Å². The van der Waals surface area contributed by atoms with Crippen molar-refractivity contribution in [3.8, 4) is 5.75 Å². The molecule has 51 heavy (non-hydrogen) atoms. The Bertz CT molecular complexity index is 2700. The molecule has 0 spiro atoms. The van der Waals surface area contributed by atoms with Crippen LogP contribution in [0, 0.1) is 5.82 Å². The fourth-order valence-corrected chi connectivity index (χ4v) is 7.61. The number of aromatic hydroxyl groups is 1. The molecule has 0 aliphatic rings. The van der Waals surface area contributed by atoms with Gasteiger partial charge in [-0.2, -0.15) is 38.8 Å². The summed E-state index contributed by atoms with van der Waals surface area (Å²) in [5.41, 5.74) is 2.18. The monoisotopic (exact) mass is 813 g/mol. The first-order valence-electron chi connectivity index (χ1n) is 12.9. The van der Waals surface area contributed by atoms with Gasteiger partial charge < -0.3 is 10.8 Å². The van der Waals surface area contributed by atoms with E-state index in [-0.39, 0.29) is 10.6 Å². The molecule has 0 aliphatic heterocycles. The van der Waals surface area contributed by atoms with Gasteiger partial charge in [-0.25, -0.2) is 17.0 Å². The van der Waals surface area contributed by atoms with E-state index < -0.39 is 123 Å². The second-order valence-corrected chi connectivity index (χ2v) is 17.2. The summed E-state index contributed by atoms with van der Waals surface area (Å²) < 4.78 is 174. The van der Waals surface area contributed by atoms with Gasteiger partial charge in [-0.1, -0.05) is 0 Å². The van der Waals surface area contributed by atoms with E-state index in [9.17, 15) is 65.2 Å². The molecular weight excluding hydrogens is 794 g/mol. The number of halogens is 1. The number of benzene rings is 4. The van der Waals surface area contributed by atoms with Crippen LogP contribution < -0.4 is 5.73 Å². The highest BCUT2D eigenvalue weighted by Gasteiger charge is 2.28. The Labute approximate surface area is 287 Å². The summed E-state index contributed by atoms with van der Waals surface area (Å²) in [6.07, 6.45) is 0. The van der Waals surface area contributed by atoms with Gasteiger partial charge in [0.15, 0.2) is 15.6 Å². The molecule has 27 heteroatoms. The number of fused-ring (bicyclic) bond motifs is 1. The molecule has 21 nitrogen and oxygen atoms in total. The minimum atomic E-state index is -5.38. The van der Waals surface area contributed by atoms with Crippen LogP contribution in [-0.4, -0.2) is 77.8 Å². The number of anilines is 1. The van der Waals surface area contributed by atoms with E-state index in [1.165, 1.54) is 0 Å². The Morgan fingerprint density at radius 1 is 0.667 bits per heavy atom. The lowest BCUT2D eigenvalue weighted by Crippen LogP contribution is -2.15. The number of azo groups is 2. The highest BCUT2D eigenvalue weighted by molar-refractivity contribution is 7.91. The maximum absolute atomic E-state index is 13.9. The molecule has 4 rings (SSSR count). The summed E-state index contributed by atoms with van der Waals surface area (Å²) in [6.45, 7) is -0.916. The Balaban J connectivity index is 1.88. The highest BCUT2D eigenvalue weighted by atomic mass is 32.3. The largest absolute Gasteiger partial charge is 0.505 e. The Hall–Kier alpha value is -4.58. The van der Waals surface area contributed by atoms with Crippen LogP contribution >= 0.6 is 0 Å². The normalized spacial score (nSPS) is 13.4. The smallest absolute Gasteiger partial charge is 0.397 e. The van der Waals surface area contributed by atoms with Gasteiger partial charge in [-0.05, 0) is 53.9 Å². The molecule has 0 bridgehead atoms. The summed E-state index contributed by atoms with van der Waals surface area (Å²) in [5.74, 6) is -3.21. The SMILES string of the molecule is Nc1c(N=Nc2ccc(S(=O)(=O)CCOS(=O)(=O)O)cc2)c(S(=O)(=O)O)cc2cc(S(=O)(=O)O)c(N=Nc3cc(F)ccc3S(=O)(=O)O)c(O)c12. The van der Waals surface area contributed by atoms with E-state index in [1.54, 1.807) is 0 Å². The van der Waals surface area contributed by atoms with Crippen LogP contribution in [0.4, 0.5) is 32.8 Å². The molecule has 4 aromatic rings. The number of sulfone groups is 1. The van der Waals surface area contributed by atoms with Crippen molar-refractivity contribution in [3.05, 3.63) is 60.4 Å². The molecule has 0 atom stereocenters. The topological polar surface area (TPSA) is 357 Å². The van der Waals surface area contributed by atoms with Gasteiger partial charge in [0, 0.05) is 6.07 Å². The summed E-state index contributed by atoms with van der Waals surface area (Å²) in [5, 5.41) is 24.1. The van der Waals surface area contributed by atoms with Crippen molar-refractivity contribution >= 4 is 89.8 Å². The third-order valence-corrected chi connectivity index (χ3v) is 11.2. The van der Waals surface area contributed by atoms with Crippen molar-refractivity contribution in [2.45, 2.75) is 19.6 Å². The standard InChI is InChI=1S/C24H20FN5O16S5/c25-13-1-6-17(48(34,35)36)16(11-13)28-30-23-19(50(40,41)42)10-12-9-18(49(37,38)39)22(21(26)20(12)24(23)31)29-27-14-2-4-15(5-3-14)47(32,33)8-7-46-51(43,44)45/h1-6,9-11,31H,7-8,26H2,(H,34,35,36)(H,37,38,39)(H,40,41,42)(H,43,44,45). The van der Waals surface area contributed by atoms with Crippen molar-refractivity contribution in [2.75, 3.05) is 18.1 Å². The second kappa shape index (κ2) is 13.9. The fourth-order valence-electron chi connectivity index (χ4n) is 4.19. The van der Waals surface area contributed by atoms with Crippen LogP contribution in [0.25, 0.3) is 10.8 Å². The average molecular weight is 814 g/mol. The zero-order valence-electron chi connectivity index (χ0n) is 24.6. The first-order valence-corrected chi connectivity index (χ1v) is 20.3. The number of nitrogens with two attached hydrogens (primary N) is 1. The molecule has 7 N–H and O–H groups in total. The fraction of sp³-hybridized carbons (Fsp3) is 0.0833. The molecule has 0 amide bonds. The first kappa shape index (κ1) is 39.2. The van der Waals surface area contributed by atoms with Crippen molar-refractivity contribution in [3.63, 3.8) is 0 Å². The molecular formula is C24H20FN5O16S5. The van der Waals surface area contributed by atoms with E-state index in [1.807, 2.05) is 0 Å². The number of nitrogen functional groups attached to an aromatic ring is 1. The number of phenolic OH excluding ortho intramolecular Hbond substituents is 1. The maximum atomic E-state index is 13.9. The molecule has 274 valence electrons. The van der Waals surface area contributed by atoms with Crippen LogP contribution in [0.15, 0.2) is 94.6 Å². The van der Waals surface area contributed by atoms with Crippen molar-refractivity contribution in [1.29, 1.82) is 0 Å². The van der Waals surface area contributed by atoms with Crippen LogP contribution in [0.2, 0.25) is 0 Å². The Morgan fingerprint density at radius 2 is 1.20 bits per heavy atom. The molecule has 0 heterocycles. The minimum absolute atomic E-state index is 0.172. The molecule has 0 fully saturated rings. The quantitative estimate of drug-likeness (QED) is 0.0677. The number of rotatable bonds is 12. The molecule has 0 unspecified atom stereocenters. The number of hydrogen-bond donors (Lipinski definition) is 6. The molecule has 0 aromatic heterocycles. The maximum Gasteiger partial charge on any atom is 0.397 e. The van der Waals surface area contributed by atoms with Gasteiger partial charge in [-0.15, -0.1) is 15.3 Å². The third kappa shape index (κ3) is 9.21. The second-order valence-electron chi connectivity index (χ2n) is 9.81. The summed E-state index contributed by atoms with van der Waals surface area (Å²) in [7, 11) is -24.8. The zero-order chi connectivity index (χ0) is 38.3. The number of nitrogens with zero attached hydrogens (tertiary/aromatic N) is 4.